The van der Waals surface area contributed by atoms with Gasteiger partial charge in [0, 0.05) is 10.7 Å². The predicted octanol–water partition coefficient (Wildman–Crippen LogP) is 1.89. The van der Waals surface area contributed by atoms with Gasteiger partial charge in [-0.05, 0) is 30.7 Å². The zero-order valence-electron chi connectivity index (χ0n) is 10.7. The Morgan fingerprint density at radius 1 is 1.37 bits per heavy atom. The number of hydrogen-bond acceptors (Lipinski definition) is 3. The maximum Gasteiger partial charge on any atom is 0.323 e. The van der Waals surface area contributed by atoms with Gasteiger partial charge in [-0.25, -0.2) is 0 Å². The molecule has 1 amide bonds. The largest absolute Gasteiger partial charge is 0.480 e. The van der Waals surface area contributed by atoms with Gasteiger partial charge >= 0.3 is 5.97 Å². The van der Waals surface area contributed by atoms with Gasteiger partial charge in [-0.2, -0.15) is 0 Å². The van der Waals surface area contributed by atoms with Crippen molar-refractivity contribution in [2.45, 2.75) is 25.8 Å². The number of rotatable bonds is 6. The van der Waals surface area contributed by atoms with Gasteiger partial charge in [0.15, 0.2) is 0 Å². The van der Waals surface area contributed by atoms with Crippen LogP contribution in [0.4, 0.5) is 5.69 Å². The first-order valence-corrected chi connectivity index (χ1v) is 6.37. The Morgan fingerprint density at radius 3 is 2.42 bits per heavy atom. The number of aliphatic carboxylic acids is 1. The molecule has 0 spiro atoms. The highest BCUT2D eigenvalue weighted by Crippen LogP contribution is 2.19. The Hall–Kier alpha value is -1.59. The molecule has 1 unspecified atom stereocenters. The molecule has 0 aliphatic heterocycles. The van der Waals surface area contributed by atoms with E-state index in [9.17, 15) is 9.59 Å². The molecule has 3 N–H and O–H groups in total. The monoisotopic (exact) mass is 284 g/mol. The summed E-state index contributed by atoms with van der Waals surface area (Å²) < 4.78 is 0. The van der Waals surface area contributed by atoms with Crippen molar-refractivity contribution in [3.05, 3.63) is 29.3 Å². The number of anilines is 1. The summed E-state index contributed by atoms with van der Waals surface area (Å²) in [7, 11) is 0. The highest BCUT2D eigenvalue weighted by Gasteiger charge is 2.23. The zero-order chi connectivity index (χ0) is 14.4. The van der Waals surface area contributed by atoms with Crippen LogP contribution in [0.5, 0.6) is 0 Å². The van der Waals surface area contributed by atoms with Crippen molar-refractivity contribution in [1.82, 2.24) is 0 Å². The average molecular weight is 285 g/mol. The minimum atomic E-state index is -1.09. The maximum atomic E-state index is 12.2. The molecule has 0 saturated heterocycles. The Labute approximate surface area is 117 Å². The van der Waals surface area contributed by atoms with Gasteiger partial charge < -0.3 is 10.8 Å². The minimum Gasteiger partial charge on any atom is -0.480 e. The Balaban J connectivity index is 2.97. The number of nitrogens with zero attached hydrogens (tertiary/aromatic N) is 1. The van der Waals surface area contributed by atoms with E-state index in [1.54, 1.807) is 24.3 Å². The van der Waals surface area contributed by atoms with Gasteiger partial charge in [-0.3, -0.25) is 14.5 Å². The molecule has 1 atom stereocenters. The van der Waals surface area contributed by atoms with Crippen LogP contribution in [0.3, 0.4) is 0 Å². The van der Waals surface area contributed by atoms with Gasteiger partial charge in [0.05, 0.1) is 6.04 Å². The van der Waals surface area contributed by atoms with E-state index in [1.165, 1.54) is 4.90 Å². The van der Waals surface area contributed by atoms with E-state index in [0.29, 0.717) is 17.1 Å². The van der Waals surface area contributed by atoms with Gasteiger partial charge in [0.2, 0.25) is 5.91 Å². The predicted molar refractivity (Wildman–Crippen MR) is 74.3 cm³/mol. The number of carbonyl (C=O) groups is 2. The van der Waals surface area contributed by atoms with Crippen LogP contribution < -0.4 is 10.6 Å². The molecular formula is C13H17ClN2O3. The maximum absolute atomic E-state index is 12.2. The van der Waals surface area contributed by atoms with Crippen LogP contribution in [0.1, 0.15) is 19.8 Å². The molecule has 104 valence electrons. The average Bonchev–Trinajstić information content (AvgIpc) is 2.36. The summed E-state index contributed by atoms with van der Waals surface area (Å²) in [6.07, 6.45) is 1.27. The van der Waals surface area contributed by atoms with E-state index >= 15 is 0 Å². The second kappa shape index (κ2) is 7.11. The fraction of sp³-hybridized carbons (Fsp3) is 0.385. The summed E-state index contributed by atoms with van der Waals surface area (Å²) in [5, 5.41) is 9.42. The van der Waals surface area contributed by atoms with E-state index in [0.717, 1.165) is 6.42 Å². The second-order valence-corrected chi connectivity index (χ2v) is 4.63. The van der Waals surface area contributed by atoms with Crippen molar-refractivity contribution in [3.63, 3.8) is 0 Å². The third-order valence-corrected chi connectivity index (χ3v) is 2.87. The van der Waals surface area contributed by atoms with Gasteiger partial charge in [0.25, 0.3) is 0 Å². The molecule has 1 aromatic rings. The van der Waals surface area contributed by atoms with Gasteiger partial charge in [0.1, 0.15) is 6.54 Å². The molecule has 19 heavy (non-hydrogen) atoms. The van der Waals surface area contributed by atoms with E-state index in [-0.39, 0.29) is 0 Å². The molecule has 6 heteroatoms. The first-order chi connectivity index (χ1) is 8.95. The number of amides is 1. The zero-order valence-corrected chi connectivity index (χ0v) is 11.4. The van der Waals surface area contributed by atoms with E-state index in [1.807, 2.05) is 6.92 Å². The molecule has 1 aromatic carbocycles. The van der Waals surface area contributed by atoms with Crippen molar-refractivity contribution < 1.29 is 14.7 Å². The second-order valence-electron chi connectivity index (χ2n) is 4.19. The van der Waals surface area contributed by atoms with Crippen LogP contribution in [-0.4, -0.2) is 29.6 Å². The van der Waals surface area contributed by atoms with Crippen LogP contribution in [0, 0.1) is 0 Å². The number of nitrogens with two attached hydrogens (primary N) is 1. The first-order valence-electron chi connectivity index (χ1n) is 6.00. The summed E-state index contributed by atoms with van der Waals surface area (Å²) in [6.45, 7) is 1.49. The molecule has 0 radical (unpaired) electrons. The van der Waals surface area contributed by atoms with Crippen LogP contribution in [0.2, 0.25) is 5.02 Å². The number of carbonyl (C=O) groups excluding carboxylic acids is 1. The van der Waals surface area contributed by atoms with Crippen molar-refractivity contribution in [2.24, 2.45) is 5.73 Å². The summed E-state index contributed by atoms with van der Waals surface area (Å²) >= 11 is 5.77. The third kappa shape index (κ3) is 4.54. The summed E-state index contributed by atoms with van der Waals surface area (Å²) in [5.74, 6) is -1.49. The van der Waals surface area contributed by atoms with Crippen molar-refractivity contribution in [2.75, 3.05) is 11.4 Å². The number of halogens is 1. The topological polar surface area (TPSA) is 83.6 Å². The summed E-state index contributed by atoms with van der Waals surface area (Å²) in [6, 6.07) is 5.71. The molecule has 0 aliphatic rings. The van der Waals surface area contributed by atoms with Gasteiger partial charge in [-0.15, -0.1) is 0 Å². The molecule has 0 bridgehead atoms. The lowest BCUT2D eigenvalue weighted by molar-refractivity contribution is -0.136. The fourth-order valence-corrected chi connectivity index (χ4v) is 1.81. The number of carboxylic acid groups (broad SMARTS) is 1. The SMILES string of the molecule is CCCC(N)C(=O)N(CC(=O)O)c1ccc(Cl)cc1. The van der Waals surface area contributed by atoms with Gasteiger partial charge in [-0.1, -0.05) is 24.9 Å². The van der Waals surface area contributed by atoms with Crippen LogP contribution in [-0.2, 0) is 9.59 Å². The molecule has 5 nitrogen and oxygen atoms in total. The molecule has 0 saturated carbocycles. The Bertz CT molecular complexity index is 448. The van der Waals surface area contributed by atoms with Crippen molar-refractivity contribution in [1.29, 1.82) is 0 Å². The van der Waals surface area contributed by atoms with E-state index in [4.69, 9.17) is 22.4 Å². The number of hydrogen-bond donors (Lipinski definition) is 2. The van der Waals surface area contributed by atoms with Crippen LogP contribution >= 0.6 is 11.6 Å². The molecular weight excluding hydrogens is 268 g/mol. The lowest BCUT2D eigenvalue weighted by atomic mass is 10.1. The fourth-order valence-electron chi connectivity index (χ4n) is 1.69. The molecule has 0 heterocycles. The Kier molecular flexibility index (Phi) is 5.79. The lowest BCUT2D eigenvalue weighted by Crippen LogP contribution is -2.46. The third-order valence-electron chi connectivity index (χ3n) is 2.61. The quantitative estimate of drug-likeness (QED) is 0.835. The van der Waals surface area contributed by atoms with E-state index in [2.05, 4.69) is 0 Å². The first kappa shape index (κ1) is 15.5. The number of benzene rings is 1. The molecule has 1 rings (SSSR count). The smallest absolute Gasteiger partial charge is 0.323 e. The lowest BCUT2D eigenvalue weighted by Gasteiger charge is -2.24. The normalized spacial score (nSPS) is 11.9. The highest BCUT2D eigenvalue weighted by atomic mass is 35.5. The van der Waals surface area contributed by atoms with E-state index < -0.39 is 24.5 Å². The highest BCUT2D eigenvalue weighted by molar-refractivity contribution is 6.30. The Morgan fingerprint density at radius 2 is 1.95 bits per heavy atom. The van der Waals surface area contributed by atoms with Crippen LogP contribution in [0.25, 0.3) is 0 Å². The summed E-state index contributed by atoms with van der Waals surface area (Å²) in [5.41, 5.74) is 6.24. The number of carboxylic acids is 1. The molecule has 0 aromatic heterocycles. The summed E-state index contributed by atoms with van der Waals surface area (Å²) in [4.78, 5) is 24.2. The standard InChI is InChI=1S/C13H17ClN2O3/c1-2-3-11(15)13(19)16(8-12(17)18)10-6-4-9(14)5-7-10/h4-7,11H,2-3,8,15H2,1H3,(H,17,18). The van der Waals surface area contributed by atoms with Crippen molar-refractivity contribution >= 4 is 29.2 Å². The van der Waals surface area contributed by atoms with Crippen LogP contribution in [0.15, 0.2) is 24.3 Å². The van der Waals surface area contributed by atoms with Crippen molar-refractivity contribution in [3.8, 4) is 0 Å². The molecule has 0 aliphatic carbocycles. The minimum absolute atomic E-state index is 0.397. The molecule has 0 fully saturated rings.